The lowest BCUT2D eigenvalue weighted by Crippen LogP contribution is -1.96. The van der Waals surface area contributed by atoms with Crippen LogP contribution in [0.5, 0.6) is 0 Å². The molecule has 0 amide bonds. The van der Waals surface area contributed by atoms with Gasteiger partial charge in [-0.2, -0.15) is 5.26 Å². The molecule has 0 N–H and O–H groups in total. The predicted octanol–water partition coefficient (Wildman–Crippen LogP) is 8.32. The highest BCUT2D eigenvalue weighted by Crippen LogP contribution is 2.30. The Labute approximate surface area is 207 Å². The van der Waals surface area contributed by atoms with Gasteiger partial charge in [-0.1, -0.05) is 83.9 Å². The van der Waals surface area contributed by atoms with Crippen LogP contribution in [0.4, 0.5) is 0 Å². The van der Waals surface area contributed by atoms with Crippen LogP contribution < -0.4 is 0 Å². The first-order valence-electron chi connectivity index (χ1n) is 10.6. The van der Waals surface area contributed by atoms with E-state index in [4.69, 9.17) is 38.4 Å². The Bertz CT molecular complexity index is 1460. The molecule has 0 aliphatic rings. The average Bonchev–Trinajstić information content (AvgIpc) is 2.88. The molecular weight excluding hydrogens is 461 g/mol. The van der Waals surface area contributed by atoms with Gasteiger partial charge in [0.05, 0.1) is 23.0 Å². The molecule has 0 fully saturated rings. The Hall–Kier alpha value is -3.97. The van der Waals surface area contributed by atoms with Crippen molar-refractivity contribution in [3.63, 3.8) is 0 Å². The van der Waals surface area contributed by atoms with E-state index >= 15 is 0 Å². The summed E-state index contributed by atoms with van der Waals surface area (Å²) in [4.78, 5) is 9.70. The van der Waals surface area contributed by atoms with Gasteiger partial charge in [-0.05, 0) is 53.6 Å². The molecular formula is C29H17Cl2N3. The Balaban J connectivity index is 1.59. The third-order valence-electron chi connectivity index (χ3n) is 5.46. The molecule has 4 aromatic carbocycles. The van der Waals surface area contributed by atoms with Crippen LogP contribution in [0.1, 0.15) is 5.56 Å². The van der Waals surface area contributed by atoms with Crippen molar-refractivity contribution in [1.29, 1.82) is 5.26 Å². The first-order chi connectivity index (χ1) is 16.6. The van der Waals surface area contributed by atoms with Gasteiger partial charge in [-0.25, -0.2) is 9.97 Å². The summed E-state index contributed by atoms with van der Waals surface area (Å²) in [6, 6.07) is 34.9. The smallest absolute Gasteiger partial charge is 0.160 e. The molecule has 0 saturated carbocycles. The molecule has 162 valence electrons. The van der Waals surface area contributed by atoms with Crippen molar-refractivity contribution in [3.05, 3.63) is 119 Å². The predicted molar refractivity (Wildman–Crippen MR) is 139 cm³/mol. The van der Waals surface area contributed by atoms with Gasteiger partial charge in [-0.3, -0.25) is 0 Å². The summed E-state index contributed by atoms with van der Waals surface area (Å²) < 4.78 is 0. The van der Waals surface area contributed by atoms with E-state index in [2.05, 4.69) is 6.07 Å². The van der Waals surface area contributed by atoms with E-state index in [1.165, 1.54) is 0 Å². The van der Waals surface area contributed by atoms with Crippen molar-refractivity contribution in [1.82, 2.24) is 9.97 Å². The molecule has 34 heavy (non-hydrogen) atoms. The van der Waals surface area contributed by atoms with Crippen molar-refractivity contribution in [2.75, 3.05) is 0 Å². The fourth-order valence-corrected chi connectivity index (χ4v) is 4.10. The van der Waals surface area contributed by atoms with E-state index in [1.807, 2.05) is 103 Å². The van der Waals surface area contributed by atoms with E-state index < -0.39 is 0 Å². The lowest BCUT2D eigenvalue weighted by atomic mass is 10.0. The zero-order chi connectivity index (χ0) is 23.5. The van der Waals surface area contributed by atoms with E-state index in [0.717, 1.165) is 39.2 Å². The van der Waals surface area contributed by atoms with Crippen LogP contribution in [0.2, 0.25) is 10.0 Å². The maximum Gasteiger partial charge on any atom is 0.160 e. The van der Waals surface area contributed by atoms with E-state index in [1.54, 1.807) is 0 Å². The quantitative estimate of drug-likeness (QED) is 0.261. The molecule has 5 rings (SSSR count). The third-order valence-corrected chi connectivity index (χ3v) is 5.93. The lowest BCUT2D eigenvalue weighted by molar-refractivity contribution is 1.18. The van der Waals surface area contributed by atoms with Gasteiger partial charge >= 0.3 is 0 Å². The zero-order valence-electron chi connectivity index (χ0n) is 17.9. The minimum absolute atomic E-state index is 0.610. The number of halogens is 2. The molecule has 0 bridgehead atoms. The molecule has 5 aromatic rings. The van der Waals surface area contributed by atoms with E-state index in [0.29, 0.717) is 21.4 Å². The second-order valence-electron chi connectivity index (χ2n) is 7.75. The molecule has 0 spiro atoms. The molecule has 1 heterocycles. The average molecular weight is 478 g/mol. The maximum absolute atomic E-state index is 9.02. The number of nitriles is 1. The zero-order valence-corrected chi connectivity index (χ0v) is 19.4. The van der Waals surface area contributed by atoms with Crippen molar-refractivity contribution in [2.45, 2.75) is 0 Å². The monoisotopic (exact) mass is 477 g/mol. The number of benzene rings is 4. The maximum atomic E-state index is 9.02. The summed E-state index contributed by atoms with van der Waals surface area (Å²) in [5, 5.41) is 10.3. The van der Waals surface area contributed by atoms with Crippen LogP contribution in [-0.4, -0.2) is 9.97 Å². The summed E-state index contributed by atoms with van der Waals surface area (Å²) >= 11 is 12.5. The highest BCUT2D eigenvalue weighted by atomic mass is 35.5. The summed E-state index contributed by atoms with van der Waals surface area (Å²) in [7, 11) is 0. The first-order valence-corrected chi connectivity index (χ1v) is 11.4. The third kappa shape index (κ3) is 4.70. The summed E-state index contributed by atoms with van der Waals surface area (Å²) in [6.07, 6.45) is 0. The second kappa shape index (κ2) is 9.49. The summed E-state index contributed by atoms with van der Waals surface area (Å²) in [5.74, 6) is 0.610. The van der Waals surface area contributed by atoms with Crippen LogP contribution in [-0.2, 0) is 0 Å². The standard InChI is InChI=1S/C29H17Cl2N3/c30-25-5-1-3-23(15-25)27-17-28(24-4-2-6-26(31)16-24)34-29(33-27)22-13-11-21(12-14-22)20-9-7-19(18-32)8-10-20/h1-17H. The molecule has 1 aromatic heterocycles. The largest absolute Gasteiger partial charge is 0.228 e. The van der Waals surface area contributed by atoms with Crippen LogP contribution in [0.3, 0.4) is 0 Å². The number of hydrogen-bond donors (Lipinski definition) is 0. The molecule has 5 heteroatoms. The molecule has 0 aliphatic heterocycles. The Morgan fingerprint density at radius 2 is 1.00 bits per heavy atom. The van der Waals surface area contributed by atoms with Crippen molar-refractivity contribution in [2.24, 2.45) is 0 Å². The Morgan fingerprint density at radius 1 is 0.529 bits per heavy atom. The van der Waals surface area contributed by atoms with Crippen molar-refractivity contribution < 1.29 is 0 Å². The van der Waals surface area contributed by atoms with Gasteiger partial charge in [0.2, 0.25) is 0 Å². The van der Waals surface area contributed by atoms with E-state index in [9.17, 15) is 0 Å². The minimum Gasteiger partial charge on any atom is -0.228 e. The van der Waals surface area contributed by atoms with Crippen LogP contribution >= 0.6 is 23.2 Å². The summed E-state index contributed by atoms with van der Waals surface area (Å²) in [6.45, 7) is 0. The van der Waals surface area contributed by atoms with Crippen LogP contribution in [0.25, 0.3) is 45.0 Å². The lowest BCUT2D eigenvalue weighted by Gasteiger charge is -2.10. The first kappa shape index (κ1) is 21.9. The Kier molecular flexibility index (Phi) is 6.10. The minimum atomic E-state index is 0.610. The normalized spacial score (nSPS) is 10.6. The molecule has 3 nitrogen and oxygen atoms in total. The van der Waals surface area contributed by atoms with Crippen molar-refractivity contribution >= 4 is 23.2 Å². The number of nitrogens with zero attached hydrogens (tertiary/aromatic N) is 3. The fourth-order valence-electron chi connectivity index (χ4n) is 3.72. The van der Waals surface area contributed by atoms with Crippen LogP contribution in [0.15, 0.2) is 103 Å². The summed E-state index contributed by atoms with van der Waals surface area (Å²) in [5.41, 5.74) is 7.00. The van der Waals surface area contributed by atoms with Gasteiger partial charge in [0.25, 0.3) is 0 Å². The topological polar surface area (TPSA) is 49.6 Å². The van der Waals surface area contributed by atoms with E-state index in [-0.39, 0.29) is 0 Å². The number of rotatable bonds is 4. The number of aromatic nitrogens is 2. The SMILES string of the molecule is N#Cc1ccc(-c2ccc(-c3nc(-c4cccc(Cl)c4)cc(-c4cccc(Cl)c4)n3)cc2)cc1. The highest BCUT2D eigenvalue weighted by Gasteiger charge is 2.12. The van der Waals surface area contributed by atoms with Gasteiger partial charge in [0.15, 0.2) is 5.82 Å². The van der Waals surface area contributed by atoms with Gasteiger partial charge in [-0.15, -0.1) is 0 Å². The second-order valence-corrected chi connectivity index (χ2v) is 8.62. The van der Waals surface area contributed by atoms with Gasteiger partial charge in [0, 0.05) is 26.7 Å². The molecule has 0 unspecified atom stereocenters. The van der Waals surface area contributed by atoms with Crippen molar-refractivity contribution in [3.8, 4) is 51.1 Å². The number of hydrogen-bond acceptors (Lipinski definition) is 3. The van der Waals surface area contributed by atoms with Gasteiger partial charge < -0.3 is 0 Å². The molecule has 0 saturated heterocycles. The molecule has 0 atom stereocenters. The molecule has 0 aliphatic carbocycles. The fraction of sp³-hybridized carbons (Fsp3) is 0. The Morgan fingerprint density at radius 3 is 1.47 bits per heavy atom. The molecule has 0 radical (unpaired) electrons. The van der Waals surface area contributed by atoms with Crippen LogP contribution in [0, 0.1) is 11.3 Å². The highest BCUT2D eigenvalue weighted by molar-refractivity contribution is 6.31. The van der Waals surface area contributed by atoms with Gasteiger partial charge in [0.1, 0.15) is 0 Å².